The maximum absolute atomic E-state index is 11.1. The Balaban J connectivity index is -0.000000728. The molecule has 252 valence electrons. The summed E-state index contributed by atoms with van der Waals surface area (Å²) in [5.41, 5.74) is 0. The standard InChI is InChI=1S/C19H37NO3.C16H32O2.CH4/c1-3-4-5-6-7-8-9-10-11-12-15-20(16-13-18(2)21)17-14-19(22)23;1-2-3-4-5-6-7-8-9-10-11-12-13-14-15-16(17)18;/h3-17H2,1-2H3,(H,22,23);2-15H2,1H3,(H,17,18);1H4. The quantitative estimate of drug-likeness (QED) is 0.0770. The van der Waals surface area contributed by atoms with Crippen molar-refractivity contribution in [3.63, 3.8) is 0 Å². The maximum atomic E-state index is 11.1. The molecule has 2 N–H and O–H groups in total. The van der Waals surface area contributed by atoms with E-state index in [0.717, 1.165) is 25.8 Å². The second-order valence-corrected chi connectivity index (χ2v) is 12.0. The van der Waals surface area contributed by atoms with Crippen molar-refractivity contribution < 1.29 is 24.6 Å². The Labute approximate surface area is 261 Å². The summed E-state index contributed by atoms with van der Waals surface area (Å²) in [6.07, 6.45) is 31.0. The summed E-state index contributed by atoms with van der Waals surface area (Å²) in [5.74, 6) is -1.24. The molecule has 0 aliphatic carbocycles. The highest BCUT2D eigenvalue weighted by molar-refractivity contribution is 5.75. The summed E-state index contributed by atoms with van der Waals surface area (Å²) >= 11 is 0. The molecule has 0 radical (unpaired) electrons. The lowest BCUT2D eigenvalue weighted by molar-refractivity contribution is -0.138. The molecule has 6 heteroatoms. The van der Waals surface area contributed by atoms with Gasteiger partial charge >= 0.3 is 11.9 Å². The number of rotatable bonds is 31. The fourth-order valence-electron chi connectivity index (χ4n) is 5.02. The number of nitrogens with zero attached hydrogens (tertiary/aromatic N) is 1. The molecule has 0 aliphatic heterocycles. The van der Waals surface area contributed by atoms with Crippen molar-refractivity contribution in [2.45, 2.75) is 195 Å². The van der Waals surface area contributed by atoms with Crippen molar-refractivity contribution in [3.05, 3.63) is 0 Å². The van der Waals surface area contributed by atoms with Crippen LogP contribution in [0.2, 0.25) is 0 Å². The average molecular weight is 600 g/mol. The van der Waals surface area contributed by atoms with E-state index in [-0.39, 0.29) is 19.6 Å². The number of unbranched alkanes of at least 4 members (excludes halogenated alkanes) is 21. The van der Waals surface area contributed by atoms with Gasteiger partial charge in [0.15, 0.2) is 0 Å². The highest BCUT2D eigenvalue weighted by atomic mass is 16.4. The third-order valence-electron chi connectivity index (χ3n) is 7.74. The minimum atomic E-state index is -0.763. The highest BCUT2D eigenvalue weighted by Crippen LogP contribution is 2.13. The molecule has 0 aromatic carbocycles. The Morgan fingerprint density at radius 2 is 0.738 bits per heavy atom. The molecule has 0 heterocycles. The summed E-state index contributed by atoms with van der Waals surface area (Å²) in [5, 5.41) is 17.3. The molecular formula is C36H73NO5. The molecule has 0 saturated carbocycles. The van der Waals surface area contributed by atoms with Gasteiger partial charge in [0.1, 0.15) is 5.78 Å². The largest absolute Gasteiger partial charge is 0.481 e. The van der Waals surface area contributed by atoms with Crippen LogP contribution in [-0.4, -0.2) is 52.5 Å². The molecule has 0 aromatic rings. The normalized spacial score (nSPS) is 10.7. The van der Waals surface area contributed by atoms with E-state index in [0.29, 0.717) is 25.9 Å². The minimum Gasteiger partial charge on any atom is -0.481 e. The maximum Gasteiger partial charge on any atom is 0.304 e. The Morgan fingerprint density at radius 1 is 0.429 bits per heavy atom. The van der Waals surface area contributed by atoms with E-state index in [1.807, 2.05) is 0 Å². The SMILES string of the molecule is C.CCCCCCCCCCCCCCCC(=O)O.CCCCCCCCCCCCN(CCC(C)=O)CCC(=O)O. The number of Topliss-reactive ketones (excluding diaryl/α,β-unsaturated/α-hetero) is 1. The summed E-state index contributed by atoms with van der Waals surface area (Å²) in [6.45, 7) is 8.26. The lowest BCUT2D eigenvalue weighted by atomic mass is 10.0. The Hall–Kier alpha value is -1.43. The van der Waals surface area contributed by atoms with E-state index in [9.17, 15) is 14.4 Å². The van der Waals surface area contributed by atoms with E-state index >= 15 is 0 Å². The molecule has 0 spiro atoms. The van der Waals surface area contributed by atoms with Gasteiger partial charge in [-0.3, -0.25) is 14.4 Å². The van der Waals surface area contributed by atoms with E-state index in [1.54, 1.807) is 6.92 Å². The number of ketones is 1. The van der Waals surface area contributed by atoms with Crippen LogP contribution in [0, 0.1) is 0 Å². The van der Waals surface area contributed by atoms with Crippen LogP contribution in [0.1, 0.15) is 195 Å². The van der Waals surface area contributed by atoms with Gasteiger partial charge < -0.3 is 15.1 Å². The average Bonchev–Trinajstić information content (AvgIpc) is 2.93. The van der Waals surface area contributed by atoms with Crippen molar-refractivity contribution in [3.8, 4) is 0 Å². The molecule has 0 bridgehead atoms. The summed E-state index contributed by atoms with van der Waals surface area (Å²) < 4.78 is 0. The van der Waals surface area contributed by atoms with Gasteiger partial charge in [0.05, 0.1) is 6.42 Å². The molecule has 0 aliphatic rings. The van der Waals surface area contributed by atoms with Crippen LogP contribution >= 0.6 is 0 Å². The fraction of sp³-hybridized carbons (Fsp3) is 0.917. The third kappa shape index (κ3) is 43.0. The molecule has 0 fully saturated rings. The second kappa shape index (κ2) is 37.6. The summed E-state index contributed by atoms with van der Waals surface area (Å²) in [6, 6.07) is 0. The van der Waals surface area contributed by atoms with Gasteiger partial charge in [0.2, 0.25) is 0 Å². The molecule has 0 rings (SSSR count). The number of carbonyl (C=O) groups excluding carboxylic acids is 1. The smallest absolute Gasteiger partial charge is 0.304 e. The lowest BCUT2D eigenvalue weighted by Gasteiger charge is -2.20. The molecule has 6 nitrogen and oxygen atoms in total. The summed E-state index contributed by atoms with van der Waals surface area (Å²) in [7, 11) is 0. The fourth-order valence-corrected chi connectivity index (χ4v) is 5.02. The Bertz CT molecular complexity index is 563. The van der Waals surface area contributed by atoms with Crippen LogP contribution in [0.4, 0.5) is 0 Å². The predicted molar refractivity (Wildman–Crippen MR) is 181 cm³/mol. The Morgan fingerprint density at radius 3 is 1.07 bits per heavy atom. The molecular weight excluding hydrogens is 526 g/mol. The summed E-state index contributed by atoms with van der Waals surface area (Å²) in [4.78, 5) is 34.2. The number of carbonyl (C=O) groups is 3. The van der Waals surface area contributed by atoms with Crippen LogP contribution in [-0.2, 0) is 14.4 Å². The van der Waals surface area contributed by atoms with Gasteiger partial charge in [-0.2, -0.15) is 0 Å². The van der Waals surface area contributed by atoms with Crippen LogP contribution in [0.15, 0.2) is 0 Å². The third-order valence-corrected chi connectivity index (χ3v) is 7.74. The number of aliphatic carboxylic acids is 2. The first kappa shape index (κ1) is 45.0. The van der Waals surface area contributed by atoms with Gasteiger partial charge in [-0.1, -0.05) is 156 Å². The van der Waals surface area contributed by atoms with E-state index in [4.69, 9.17) is 10.2 Å². The van der Waals surface area contributed by atoms with Crippen LogP contribution in [0.5, 0.6) is 0 Å². The predicted octanol–water partition coefficient (Wildman–Crippen LogP) is 10.9. The van der Waals surface area contributed by atoms with Crippen molar-refractivity contribution in [1.82, 2.24) is 4.90 Å². The van der Waals surface area contributed by atoms with Crippen LogP contribution in [0.25, 0.3) is 0 Å². The molecule has 0 saturated heterocycles. The van der Waals surface area contributed by atoms with Crippen molar-refractivity contribution in [2.75, 3.05) is 19.6 Å². The van der Waals surface area contributed by atoms with E-state index in [2.05, 4.69) is 18.7 Å². The molecule has 0 aromatic heterocycles. The van der Waals surface area contributed by atoms with Crippen LogP contribution in [0.3, 0.4) is 0 Å². The Kier molecular flexibility index (Phi) is 40.3. The molecule has 0 amide bonds. The first-order chi connectivity index (χ1) is 19.8. The van der Waals surface area contributed by atoms with Crippen molar-refractivity contribution >= 4 is 17.7 Å². The van der Waals surface area contributed by atoms with E-state index < -0.39 is 11.9 Å². The monoisotopic (exact) mass is 600 g/mol. The van der Waals surface area contributed by atoms with Crippen molar-refractivity contribution in [2.24, 2.45) is 0 Å². The van der Waals surface area contributed by atoms with Crippen molar-refractivity contribution in [1.29, 1.82) is 0 Å². The molecule has 42 heavy (non-hydrogen) atoms. The molecule has 0 atom stereocenters. The lowest BCUT2D eigenvalue weighted by Crippen LogP contribution is -2.29. The molecule has 0 unspecified atom stereocenters. The first-order valence-corrected chi connectivity index (χ1v) is 17.5. The number of carboxylic acid groups (broad SMARTS) is 2. The van der Waals surface area contributed by atoms with Crippen LogP contribution < -0.4 is 0 Å². The number of carboxylic acids is 2. The number of hydrogen-bond donors (Lipinski definition) is 2. The second-order valence-electron chi connectivity index (χ2n) is 12.0. The zero-order valence-corrected chi connectivity index (χ0v) is 27.6. The zero-order chi connectivity index (χ0) is 30.8. The topological polar surface area (TPSA) is 94.9 Å². The van der Waals surface area contributed by atoms with E-state index in [1.165, 1.54) is 128 Å². The van der Waals surface area contributed by atoms with Gasteiger partial charge in [-0.25, -0.2) is 0 Å². The van der Waals surface area contributed by atoms with Gasteiger partial charge in [-0.15, -0.1) is 0 Å². The highest BCUT2D eigenvalue weighted by Gasteiger charge is 2.08. The van der Waals surface area contributed by atoms with Gasteiger partial charge in [0, 0.05) is 25.9 Å². The minimum absolute atomic E-state index is 0. The first-order valence-electron chi connectivity index (χ1n) is 17.5. The zero-order valence-electron chi connectivity index (χ0n) is 27.6. The van der Waals surface area contributed by atoms with Gasteiger partial charge in [-0.05, 0) is 26.3 Å². The number of hydrogen-bond acceptors (Lipinski definition) is 4. The van der Waals surface area contributed by atoms with Gasteiger partial charge in [0.25, 0.3) is 0 Å².